The van der Waals surface area contributed by atoms with Gasteiger partial charge < -0.3 is 35.0 Å². The number of ketones is 1. The first-order chi connectivity index (χ1) is 9.26. The average Bonchev–Trinajstić information content (AvgIpc) is 2.41. The second-order valence-corrected chi connectivity index (χ2v) is 4.20. The van der Waals surface area contributed by atoms with Crippen molar-refractivity contribution in [1.82, 2.24) is 0 Å². The van der Waals surface area contributed by atoms with E-state index in [1.165, 1.54) is 14.2 Å². The molecule has 0 aromatic carbocycles. The van der Waals surface area contributed by atoms with Crippen LogP contribution in [0.4, 0.5) is 0 Å². The maximum Gasteiger partial charge on any atom is 0.372 e. The first kappa shape index (κ1) is 18.9. The molecule has 20 heavy (non-hydrogen) atoms. The molecule has 0 saturated heterocycles. The molecule has 0 heterocycles. The van der Waals surface area contributed by atoms with Gasteiger partial charge in [-0.25, -0.2) is 4.79 Å². The van der Waals surface area contributed by atoms with Crippen molar-refractivity contribution >= 4 is 11.8 Å². The molecule has 0 aliphatic carbocycles. The van der Waals surface area contributed by atoms with Crippen LogP contribution in [0.15, 0.2) is 0 Å². The smallest absolute Gasteiger partial charge is 0.372 e. The molecule has 0 rings (SSSR count). The number of carbonyl (C=O) groups is 2. The number of aliphatic hydroxyl groups excluding tert-OH is 4. The van der Waals surface area contributed by atoms with Crippen LogP contribution in [0.5, 0.6) is 0 Å². The minimum absolute atomic E-state index is 0.0778. The van der Waals surface area contributed by atoms with E-state index in [1.54, 1.807) is 0 Å². The van der Waals surface area contributed by atoms with Crippen molar-refractivity contribution in [3.8, 4) is 0 Å². The third-order valence-corrected chi connectivity index (χ3v) is 2.74. The highest BCUT2D eigenvalue weighted by Gasteiger charge is 2.36. The number of aliphatic carboxylic acids is 1. The number of methoxy groups -OCH3 is 2. The molecule has 9 heteroatoms. The molecule has 9 nitrogen and oxygen atoms in total. The van der Waals surface area contributed by atoms with Gasteiger partial charge in [0.25, 0.3) is 0 Å². The maximum atomic E-state index is 10.9. The Kier molecular flexibility index (Phi) is 8.46. The minimum atomic E-state index is -1.91. The largest absolute Gasteiger partial charge is 0.475 e. The third kappa shape index (κ3) is 5.49. The van der Waals surface area contributed by atoms with Crippen molar-refractivity contribution in [2.45, 2.75) is 36.9 Å². The van der Waals surface area contributed by atoms with Gasteiger partial charge in [-0.3, -0.25) is 4.79 Å². The Morgan fingerprint density at radius 1 is 1.00 bits per heavy atom. The summed E-state index contributed by atoms with van der Waals surface area (Å²) in [6, 6.07) is 0. The normalized spacial score (nSPS) is 18.9. The van der Waals surface area contributed by atoms with Gasteiger partial charge in [0.1, 0.15) is 24.4 Å². The molecule has 0 bridgehead atoms. The molecule has 0 aliphatic rings. The number of hydrogen-bond donors (Lipinski definition) is 5. The molecule has 0 amide bonds. The Hall–Kier alpha value is -1.10. The number of ether oxygens (including phenoxy) is 2. The molecular weight excluding hydrogens is 276 g/mol. The summed E-state index contributed by atoms with van der Waals surface area (Å²) in [5.74, 6) is -3.08. The fourth-order valence-corrected chi connectivity index (χ4v) is 1.52. The van der Waals surface area contributed by atoms with Crippen LogP contribution in [0, 0.1) is 0 Å². The lowest BCUT2D eigenvalue weighted by Crippen LogP contribution is -2.51. The molecule has 0 aliphatic heterocycles. The summed E-state index contributed by atoms with van der Waals surface area (Å²) in [5.41, 5.74) is 0. The van der Waals surface area contributed by atoms with E-state index in [4.69, 9.17) is 14.6 Å². The molecular formula is C11H20O9. The quantitative estimate of drug-likeness (QED) is 0.268. The number of aliphatic hydroxyl groups is 4. The van der Waals surface area contributed by atoms with Gasteiger partial charge in [0, 0.05) is 20.6 Å². The second-order valence-electron chi connectivity index (χ2n) is 4.20. The summed E-state index contributed by atoms with van der Waals surface area (Å²) in [6.45, 7) is -0.0778. The van der Waals surface area contributed by atoms with Crippen LogP contribution >= 0.6 is 0 Å². The first-order valence-electron chi connectivity index (χ1n) is 5.76. The van der Waals surface area contributed by atoms with Gasteiger partial charge in [-0.1, -0.05) is 0 Å². The van der Waals surface area contributed by atoms with Gasteiger partial charge in [-0.2, -0.15) is 0 Å². The molecule has 5 atom stereocenters. The van der Waals surface area contributed by atoms with E-state index >= 15 is 0 Å². The van der Waals surface area contributed by atoms with Crippen molar-refractivity contribution in [2.24, 2.45) is 0 Å². The van der Waals surface area contributed by atoms with Crippen LogP contribution in [0.1, 0.15) is 6.42 Å². The summed E-state index contributed by atoms with van der Waals surface area (Å²) in [5, 5.41) is 46.9. The molecule has 0 spiro atoms. The highest BCUT2D eigenvalue weighted by molar-refractivity contribution is 6.32. The number of carboxylic acids is 1. The van der Waals surface area contributed by atoms with Crippen LogP contribution in [0.2, 0.25) is 0 Å². The first-order valence-corrected chi connectivity index (χ1v) is 5.76. The van der Waals surface area contributed by atoms with Crippen molar-refractivity contribution in [2.75, 3.05) is 20.8 Å². The van der Waals surface area contributed by atoms with Crippen molar-refractivity contribution in [1.29, 1.82) is 0 Å². The van der Waals surface area contributed by atoms with Gasteiger partial charge in [-0.05, 0) is 0 Å². The predicted octanol–water partition coefficient (Wildman–Crippen LogP) is -2.86. The predicted molar refractivity (Wildman–Crippen MR) is 64.0 cm³/mol. The number of rotatable bonds is 10. The third-order valence-electron chi connectivity index (χ3n) is 2.74. The number of carbonyl (C=O) groups excluding carboxylic acids is 1. The average molecular weight is 296 g/mol. The number of hydrogen-bond acceptors (Lipinski definition) is 8. The van der Waals surface area contributed by atoms with Gasteiger partial charge in [0.2, 0.25) is 5.78 Å². The number of carboxylic acid groups (broad SMARTS) is 1. The van der Waals surface area contributed by atoms with Gasteiger partial charge >= 0.3 is 5.97 Å². The van der Waals surface area contributed by atoms with Crippen molar-refractivity contribution < 1.29 is 44.6 Å². The van der Waals surface area contributed by atoms with Crippen LogP contribution in [0.25, 0.3) is 0 Å². The summed E-state index contributed by atoms with van der Waals surface area (Å²) >= 11 is 0. The highest BCUT2D eigenvalue weighted by Crippen LogP contribution is 2.13. The summed E-state index contributed by atoms with van der Waals surface area (Å²) in [6.07, 6.45) is -9.03. The number of Topliss-reactive ketones (excluding diaryl/α,β-unsaturated/α-hetero) is 1. The topological polar surface area (TPSA) is 154 Å². The fraction of sp³-hybridized carbons (Fsp3) is 0.818. The Morgan fingerprint density at radius 2 is 1.55 bits per heavy atom. The Balaban J connectivity index is 4.61. The van der Waals surface area contributed by atoms with Crippen LogP contribution in [0.3, 0.4) is 0 Å². The standard InChI is InChI=1S/C11H20O9/c1-19-4-7(20-2)9(15)10(16)8(14)5(12)3-6(13)11(17)18/h5,7-10,12,14-16H,3-4H2,1-2H3,(H,17,18). The summed E-state index contributed by atoms with van der Waals surface area (Å²) in [4.78, 5) is 21.2. The molecule has 5 unspecified atom stereocenters. The van der Waals surface area contributed by atoms with E-state index in [0.717, 1.165) is 0 Å². The van der Waals surface area contributed by atoms with Crippen LogP contribution < -0.4 is 0 Å². The molecule has 118 valence electrons. The van der Waals surface area contributed by atoms with Crippen LogP contribution in [-0.4, -0.2) is 88.6 Å². The lowest BCUT2D eigenvalue weighted by atomic mass is 9.96. The Bertz CT molecular complexity index is 319. The second kappa shape index (κ2) is 8.95. The minimum Gasteiger partial charge on any atom is -0.475 e. The van der Waals surface area contributed by atoms with E-state index in [-0.39, 0.29) is 6.61 Å². The highest BCUT2D eigenvalue weighted by atomic mass is 16.5. The van der Waals surface area contributed by atoms with E-state index in [1.807, 2.05) is 0 Å². The SMILES string of the molecule is COCC(OC)C(O)C(O)C(O)C(O)CC(=O)C(=O)O. The van der Waals surface area contributed by atoms with Crippen molar-refractivity contribution in [3.05, 3.63) is 0 Å². The van der Waals surface area contributed by atoms with Crippen molar-refractivity contribution in [3.63, 3.8) is 0 Å². The summed E-state index contributed by atoms with van der Waals surface area (Å²) in [7, 11) is 2.58. The Morgan fingerprint density at radius 3 is 1.95 bits per heavy atom. The van der Waals surface area contributed by atoms with E-state index in [0.29, 0.717) is 0 Å². The van der Waals surface area contributed by atoms with E-state index in [2.05, 4.69) is 0 Å². The molecule has 0 radical (unpaired) electrons. The molecule has 0 saturated carbocycles. The molecule has 5 N–H and O–H groups in total. The zero-order valence-electron chi connectivity index (χ0n) is 11.2. The molecule has 0 aromatic heterocycles. The Labute approximate surface area is 115 Å². The van der Waals surface area contributed by atoms with Gasteiger partial charge in [-0.15, -0.1) is 0 Å². The monoisotopic (exact) mass is 296 g/mol. The van der Waals surface area contributed by atoms with Gasteiger partial charge in [0.15, 0.2) is 0 Å². The maximum absolute atomic E-state index is 10.9. The fourth-order valence-electron chi connectivity index (χ4n) is 1.52. The summed E-state index contributed by atoms with van der Waals surface area (Å²) < 4.78 is 9.56. The van der Waals surface area contributed by atoms with Crippen LogP contribution in [-0.2, 0) is 19.1 Å². The van der Waals surface area contributed by atoms with E-state index < -0.39 is 48.7 Å². The zero-order valence-corrected chi connectivity index (χ0v) is 11.2. The zero-order chi connectivity index (χ0) is 15.9. The van der Waals surface area contributed by atoms with E-state index in [9.17, 15) is 30.0 Å². The molecule has 0 aromatic rings. The lowest BCUT2D eigenvalue weighted by molar-refractivity contribution is -0.158. The van der Waals surface area contributed by atoms with Gasteiger partial charge in [0.05, 0.1) is 12.7 Å². The lowest BCUT2D eigenvalue weighted by Gasteiger charge is -2.30. The molecule has 0 fully saturated rings.